The molecule has 0 amide bonds. The summed E-state index contributed by atoms with van der Waals surface area (Å²) >= 11 is 0. The molecule has 1 atom stereocenters. The molecule has 0 bridgehead atoms. The number of aliphatic hydroxyl groups excluding tert-OH is 1. The summed E-state index contributed by atoms with van der Waals surface area (Å²) in [6, 6.07) is 9.81. The van der Waals surface area contributed by atoms with Crippen LogP contribution >= 0.6 is 0 Å². The Morgan fingerprint density at radius 1 is 1.03 bits per heavy atom. The number of methoxy groups -OCH3 is 2. The third-order valence-corrected chi connectivity index (χ3v) is 5.76. The van der Waals surface area contributed by atoms with E-state index >= 15 is 0 Å². The topological polar surface area (TPSA) is 91.3 Å². The minimum atomic E-state index is -3.94. The van der Waals surface area contributed by atoms with Gasteiger partial charge in [0.25, 0.3) is 10.1 Å². The van der Waals surface area contributed by atoms with E-state index in [1.54, 1.807) is 24.3 Å². The van der Waals surface area contributed by atoms with E-state index in [0.717, 1.165) is 18.4 Å². The van der Waals surface area contributed by atoms with Crippen LogP contribution in [0, 0.1) is 6.92 Å². The number of rotatable bonds is 12. The summed E-state index contributed by atoms with van der Waals surface area (Å²) in [5.41, 5.74) is 1.65. The average molecular weight is 439 g/mol. The van der Waals surface area contributed by atoms with E-state index in [9.17, 15) is 13.5 Å². The largest absolute Gasteiger partial charge is 0.493 e. The van der Waals surface area contributed by atoms with Crippen molar-refractivity contribution >= 4 is 10.1 Å². The molecule has 0 aromatic heterocycles. The van der Waals surface area contributed by atoms with Gasteiger partial charge in [-0.25, -0.2) is 0 Å². The molecule has 166 valence electrons. The van der Waals surface area contributed by atoms with Crippen LogP contribution in [0.1, 0.15) is 30.9 Å². The van der Waals surface area contributed by atoms with Crippen LogP contribution in [-0.4, -0.2) is 47.1 Å². The van der Waals surface area contributed by atoms with Crippen molar-refractivity contribution in [1.29, 1.82) is 0 Å². The van der Waals surface area contributed by atoms with Crippen molar-refractivity contribution in [2.24, 2.45) is 0 Å². The predicted molar refractivity (Wildman–Crippen MR) is 114 cm³/mol. The zero-order valence-corrected chi connectivity index (χ0v) is 18.7. The van der Waals surface area contributed by atoms with Gasteiger partial charge in [-0.2, -0.15) is 8.42 Å². The second-order valence-electron chi connectivity index (χ2n) is 6.94. The number of aryl methyl sites for hydroxylation is 1. The van der Waals surface area contributed by atoms with Crippen LogP contribution in [0.5, 0.6) is 17.2 Å². The molecule has 2 rings (SSSR count). The molecule has 0 fully saturated rings. The molecule has 0 radical (unpaired) electrons. The molecule has 0 saturated heterocycles. The lowest BCUT2D eigenvalue weighted by atomic mass is 10.1. The Labute approximate surface area is 178 Å². The van der Waals surface area contributed by atoms with E-state index in [4.69, 9.17) is 18.4 Å². The van der Waals surface area contributed by atoms with Crippen LogP contribution in [0.2, 0.25) is 0 Å². The minimum absolute atomic E-state index is 0.0530. The smallest absolute Gasteiger partial charge is 0.297 e. The molecule has 2 aromatic rings. The number of benzene rings is 2. The van der Waals surface area contributed by atoms with E-state index in [1.165, 1.54) is 26.4 Å². The lowest BCUT2D eigenvalue weighted by Crippen LogP contribution is -2.21. The molecule has 0 spiro atoms. The first-order chi connectivity index (χ1) is 14.3. The van der Waals surface area contributed by atoms with Crippen molar-refractivity contribution in [3.63, 3.8) is 0 Å². The van der Waals surface area contributed by atoms with Gasteiger partial charge < -0.3 is 19.3 Å². The summed E-state index contributed by atoms with van der Waals surface area (Å²) in [5.74, 6) is 1.48. The second kappa shape index (κ2) is 11.2. The molecule has 30 heavy (non-hydrogen) atoms. The Morgan fingerprint density at radius 2 is 1.63 bits per heavy atom. The minimum Gasteiger partial charge on any atom is -0.493 e. The molecular weight excluding hydrogens is 408 g/mol. The lowest BCUT2D eigenvalue weighted by Gasteiger charge is -2.17. The van der Waals surface area contributed by atoms with Gasteiger partial charge in [0.2, 0.25) is 5.75 Å². The first-order valence-electron chi connectivity index (χ1n) is 9.82. The number of hydrogen-bond donors (Lipinski definition) is 1. The third-order valence-electron chi connectivity index (χ3n) is 4.46. The zero-order valence-electron chi connectivity index (χ0n) is 17.9. The van der Waals surface area contributed by atoms with Gasteiger partial charge in [0, 0.05) is 6.42 Å². The second-order valence-corrected chi connectivity index (χ2v) is 8.56. The first-order valence-corrected chi connectivity index (χ1v) is 11.2. The molecule has 1 unspecified atom stereocenters. The Kier molecular flexibility index (Phi) is 8.95. The maximum atomic E-state index is 12.3. The highest BCUT2D eigenvalue weighted by molar-refractivity contribution is 7.86. The molecular formula is C22H30O7S. The molecule has 0 aliphatic heterocycles. The van der Waals surface area contributed by atoms with Gasteiger partial charge in [-0.15, -0.1) is 0 Å². The van der Waals surface area contributed by atoms with E-state index in [1.807, 2.05) is 6.92 Å². The van der Waals surface area contributed by atoms with Gasteiger partial charge in [-0.3, -0.25) is 4.18 Å². The van der Waals surface area contributed by atoms with Crippen molar-refractivity contribution in [2.45, 2.75) is 44.1 Å². The molecule has 7 nitrogen and oxygen atoms in total. The van der Waals surface area contributed by atoms with Crippen molar-refractivity contribution in [3.05, 3.63) is 47.5 Å². The van der Waals surface area contributed by atoms with E-state index in [2.05, 4.69) is 6.92 Å². The van der Waals surface area contributed by atoms with Crippen LogP contribution < -0.4 is 14.2 Å². The number of hydrogen-bond acceptors (Lipinski definition) is 7. The summed E-state index contributed by atoms with van der Waals surface area (Å²) in [5, 5.41) is 10.3. The van der Waals surface area contributed by atoms with Gasteiger partial charge in [-0.1, -0.05) is 31.0 Å². The molecule has 0 saturated carbocycles. The van der Waals surface area contributed by atoms with Gasteiger partial charge >= 0.3 is 0 Å². The normalized spacial score (nSPS) is 12.4. The summed E-state index contributed by atoms with van der Waals surface area (Å²) < 4.78 is 46.2. The van der Waals surface area contributed by atoms with Gasteiger partial charge in [-0.05, 0) is 43.2 Å². The fourth-order valence-electron chi connectivity index (χ4n) is 2.78. The van der Waals surface area contributed by atoms with Crippen molar-refractivity contribution < 1.29 is 31.9 Å². The Bertz CT molecular complexity index is 883. The molecule has 1 N–H and O–H groups in total. The van der Waals surface area contributed by atoms with Gasteiger partial charge in [0.15, 0.2) is 11.5 Å². The fourth-order valence-corrected chi connectivity index (χ4v) is 3.73. The van der Waals surface area contributed by atoms with Crippen molar-refractivity contribution in [3.8, 4) is 17.2 Å². The van der Waals surface area contributed by atoms with Crippen LogP contribution in [0.25, 0.3) is 0 Å². The summed E-state index contributed by atoms with van der Waals surface area (Å²) in [4.78, 5) is 0.0530. The number of ether oxygens (including phenoxy) is 3. The highest BCUT2D eigenvalue weighted by Gasteiger charge is 2.20. The maximum absolute atomic E-state index is 12.3. The first kappa shape index (κ1) is 24.0. The Hall–Kier alpha value is -2.29. The molecule has 0 aliphatic carbocycles. The highest BCUT2D eigenvalue weighted by atomic mass is 32.2. The van der Waals surface area contributed by atoms with Gasteiger partial charge in [0.05, 0.1) is 38.4 Å². The summed E-state index contributed by atoms with van der Waals surface area (Å²) in [7, 11) is -0.886. The molecule has 2 aromatic carbocycles. The molecule has 8 heteroatoms. The average Bonchev–Trinajstić information content (AvgIpc) is 2.73. The SMILES string of the molecule is CCCCOc1c(OC)cc(CC(O)COS(=O)(=O)c2ccc(C)cc2)cc1OC. The van der Waals surface area contributed by atoms with Crippen molar-refractivity contribution in [1.82, 2.24) is 0 Å². The van der Waals surface area contributed by atoms with Crippen LogP contribution in [0.15, 0.2) is 41.3 Å². The van der Waals surface area contributed by atoms with Gasteiger partial charge in [0.1, 0.15) is 0 Å². The quantitative estimate of drug-likeness (QED) is 0.401. The van der Waals surface area contributed by atoms with E-state index < -0.39 is 16.2 Å². The highest BCUT2D eigenvalue weighted by Crippen LogP contribution is 2.39. The van der Waals surface area contributed by atoms with Crippen LogP contribution in [-0.2, 0) is 20.7 Å². The summed E-state index contributed by atoms with van der Waals surface area (Å²) in [6.45, 7) is 4.11. The molecule has 0 heterocycles. The fraction of sp³-hybridized carbons (Fsp3) is 0.455. The predicted octanol–water partition coefficient (Wildman–Crippen LogP) is 3.50. The zero-order chi connectivity index (χ0) is 22.1. The van der Waals surface area contributed by atoms with Crippen LogP contribution in [0.3, 0.4) is 0 Å². The third kappa shape index (κ3) is 6.62. The monoisotopic (exact) mass is 438 g/mol. The lowest BCUT2D eigenvalue weighted by molar-refractivity contribution is 0.110. The number of unbranched alkanes of at least 4 members (excludes halogenated alkanes) is 1. The van der Waals surface area contributed by atoms with E-state index in [0.29, 0.717) is 29.4 Å². The standard InChI is InChI=1S/C22H30O7S/c1-5-6-11-28-22-20(26-3)13-17(14-21(22)27-4)12-18(23)15-29-30(24,25)19-9-7-16(2)8-10-19/h7-10,13-14,18,23H,5-6,11-12,15H2,1-4H3. The summed E-state index contributed by atoms with van der Waals surface area (Å²) in [6.07, 6.45) is 1.03. The number of aliphatic hydroxyl groups is 1. The van der Waals surface area contributed by atoms with E-state index in [-0.39, 0.29) is 17.9 Å². The van der Waals surface area contributed by atoms with Crippen LogP contribution in [0.4, 0.5) is 0 Å². The Morgan fingerprint density at radius 3 is 2.17 bits per heavy atom. The molecule has 0 aliphatic rings. The maximum Gasteiger partial charge on any atom is 0.297 e. The Balaban J connectivity index is 2.06. The van der Waals surface area contributed by atoms with Crippen molar-refractivity contribution in [2.75, 3.05) is 27.4 Å².